The maximum absolute atomic E-state index is 12.4. The Hall–Kier alpha value is -2.67. The summed E-state index contributed by atoms with van der Waals surface area (Å²) in [5.74, 6) is 0.803. The minimum absolute atomic E-state index is 0.00807. The van der Waals surface area contributed by atoms with Crippen LogP contribution in [0.1, 0.15) is 44.6 Å². The molecule has 1 saturated heterocycles. The normalized spacial score (nSPS) is 26.1. The van der Waals surface area contributed by atoms with Crippen molar-refractivity contribution in [1.82, 2.24) is 9.97 Å². The second-order valence-electron chi connectivity index (χ2n) is 7.83. The Morgan fingerprint density at radius 3 is 2.76 bits per heavy atom. The molecule has 0 spiro atoms. The molecule has 0 radical (unpaired) electrons. The summed E-state index contributed by atoms with van der Waals surface area (Å²) in [6.45, 7) is 8.95. The van der Waals surface area contributed by atoms with E-state index < -0.39 is 0 Å². The van der Waals surface area contributed by atoms with Gasteiger partial charge in [-0.3, -0.25) is 4.79 Å². The predicted molar refractivity (Wildman–Crippen MR) is 108 cm³/mol. The number of ether oxygens (including phenoxy) is 3. The number of carbonyl (C=O) groups is 1. The topological polar surface area (TPSA) is 73.8 Å². The average Bonchev–Trinajstić information content (AvgIpc) is 3.19. The largest absolute Gasteiger partial charge is 0.488 e. The highest BCUT2D eigenvalue weighted by molar-refractivity contribution is 5.93. The summed E-state index contributed by atoms with van der Waals surface area (Å²) in [6.07, 6.45) is 2.33. The number of amides is 1. The van der Waals surface area contributed by atoms with Crippen LogP contribution in [0.4, 0.5) is 5.69 Å². The molecule has 154 valence electrons. The van der Waals surface area contributed by atoms with E-state index in [-0.39, 0.29) is 30.1 Å². The lowest BCUT2D eigenvalue weighted by Gasteiger charge is -2.43. The average molecular weight is 397 g/mol. The molecule has 1 aromatic heterocycles. The third-order valence-corrected chi connectivity index (χ3v) is 5.75. The molecule has 0 bridgehead atoms. The Morgan fingerprint density at radius 1 is 1.24 bits per heavy atom. The molecular formula is C22H27N3O4. The van der Waals surface area contributed by atoms with Crippen LogP contribution in [0, 0.1) is 12.8 Å². The highest BCUT2D eigenvalue weighted by atomic mass is 16.5. The number of aryl methyl sites for hydroxylation is 1. The van der Waals surface area contributed by atoms with Crippen LogP contribution in [-0.2, 0) is 9.53 Å². The highest BCUT2D eigenvalue weighted by Crippen LogP contribution is 2.44. The van der Waals surface area contributed by atoms with Crippen LogP contribution >= 0.6 is 0 Å². The number of hydrogen-bond donors (Lipinski definition) is 0. The van der Waals surface area contributed by atoms with Crippen LogP contribution in [0.2, 0.25) is 0 Å². The fourth-order valence-corrected chi connectivity index (χ4v) is 4.07. The number of nitrogens with zero attached hydrogens (tertiary/aromatic N) is 3. The molecule has 29 heavy (non-hydrogen) atoms. The van der Waals surface area contributed by atoms with Gasteiger partial charge < -0.3 is 19.1 Å². The van der Waals surface area contributed by atoms with E-state index in [1.54, 1.807) is 13.1 Å². The molecule has 2 aromatic rings. The summed E-state index contributed by atoms with van der Waals surface area (Å²) >= 11 is 0. The van der Waals surface area contributed by atoms with E-state index in [1.807, 2.05) is 43.0 Å². The lowest BCUT2D eigenvalue weighted by Crippen LogP contribution is -2.48. The van der Waals surface area contributed by atoms with Crippen molar-refractivity contribution in [1.29, 1.82) is 0 Å². The number of rotatable bonds is 4. The monoisotopic (exact) mass is 397 g/mol. The number of fused-ring (bicyclic) bond motifs is 1. The van der Waals surface area contributed by atoms with Gasteiger partial charge in [-0.05, 0) is 38.1 Å². The Kier molecular flexibility index (Phi) is 5.41. The first-order chi connectivity index (χ1) is 13.9. The molecule has 0 N–H and O–H groups in total. The van der Waals surface area contributed by atoms with Gasteiger partial charge in [-0.15, -0.1) is 0 Å². The molecule has 3 heterocycles. The third kappa shape index (κ3) is 3.92. The quantitative estimate of drug-likeness (QED) is 0.787. The van der Waals surface area contributed by atoms with Gasteiger partial charge >= 0.3 is 6.01 Å². The molecule has 1 amide bonds. The zero-order valence-corrected chi connectivity index (χ0v) is 17.3. The van der Waals surface area contributed by atoms with Crippen molar-refractivity contribution in [2.45, 2.75) is 52.4 Å². The van der Waals surface area contributed by atoms with Crippen molar-refractivity contribution in [2.75, 3.05) is 18.1 Å². The van der Waals surface area contributed by atoms with E-state index in [4.69, 9.17) is 14.2 Å². The Labute approximate surface area is 171 Å². The van der Waals surface area contributed by atoms with Crippen molar-refractivity contribution in [3.63, 3.8) is 0 Å². The molecule has 1 fully saturated rings. The van der Waals surface area contributed by atoms with Gasteiger partial charge in [0.15, 0.2) is 0 Å². The maximum Gasteiger partial charge on any atom is 0.317 e. The van der Waals surface area contributed by atoms with Crippen LogP contribution in [-0.4, -0.2) is 41.2 Å². The van der Waals surface area contributed by atoms with Crippen molar-refractivity contribution in [2.24, 2.45) is 5.92 Å². The van der Waals surface area contributed by atoms with E-state index in [2.05, 4.69) is 16.9 Å². The van der Waals surface area contributed by atoms with E-state index in [9.17, 15) is 4.79 Å². The fraction of sp³-hybridized carbons (Fsp3) is 0.500. The number of benzene rings is 1. The predicted octanol–water partition coefficient (Wildman–Crippen LogP) is 3.46. The van der Waals surface area contributed by atoms with Gasteiger partial charge in [0.25, 0.3) is 0 Å². The molecule has 0 saturated carbocycles. The number of carbonyl (C=O) groups excluding carboxylic acids is 1. The van der Waals surface area contributed by atoms with Crippen LogP contribution in [0.3, 0.4) is 0 Å². The SMILES string of the molecule is CC(=O)N1c2ccc(OC3CCOC3)cc2[C@H](Oc2nccc(C)n2)[C@@H](C)[C@@H]1C. The number of anilines is 1. The van der Waals surface area contributed by atoms with E-state index in [0.29, 0.717) is 12.6 Å². The second-order valence-corrected chi connectivity index (χ2v) is 7.83. The molecule has 1 aromatic carbocycles. The van der Waals surface area contributed by atoms with Gasteiger partial charge in [0.2, 0.25) is 5.91 Å². The van der Waals surface area contributed by atoms with Gasteiger partial charge in [-0.1, -0.05) is 6.92 Å². The Bertz CT molecular complexity index is 897. The molecule has 0 aliphatic carbocycles. The maximum atomic E-state index is 12.4. The first-order valence-electron chi connectivity index (χ1n) is 10.1. The first-order valence-corrected chi connectivity index (χ1v) is 10.1. The van der Waals surface area contributed by atoms with Gasteiger partial charge in [-0.25, -0.2) is 9.97 Å². The molecule has 1 unspecified atom stereocenters. The van der Waals surface area contributed by atoms with Crippen molar-refractivity contribution in [3.05, 3.63) is 41.7 Å². The van der Waals surface area contributed by atoms with Crippen molar-refractivity contribution in [3.8, 4) is 11.8 Å². The molecule has 4 rings (SSSR count). The number of hydrogen-bond acceptors (Lipinski definition) is 6. The van der Waals surface area contributed by atoms with Crippen LogP contribution in [0.25, 0.3) is 0 Å². The summed E-state index contributed by atoms with van der Waals surface area (Å²) in [7, 11) is 0. The van der Waals surface area contributed by atoms with Crippen LogP contribution in [0.15, 0.2) is 30.5 Å². The zero-order valence-electron chi connectivity index (χ0n) is 17.3. The van der Waals surface area contributed by atoms with Crippen LogP contribution in [0.5, 0.6) is 11.8 Å². The second kappa shape index (κ2) is 7.99. The van der Waals surface area contributed by atoms with E-state index >= 15 is 0 Å². The van der Waals surface area contributed by atoms with Gasteiger partial charge in [0, 0.05) is 42.8 Å². The molecule has 2 aliphatic rings. The molecule has 4 atom stereocenters. The molecular weight excluding hydrogens is 370 g/mol. The lowest BCUT2D eigenvalue weighted by molar-refractivity contribution is -0.117. The van der Waals surface area contributed by atoms with E-state index in [1.165, 1.54) is 0 Å². The summed E-state index contributed by atoms with van der Waals surface area (Å²) in [5, 5.41) is 0. The molecule has 2 aliphatic heterocycles. The van der Waals surface area contributed by atoms with Gasteiger partial charge in [0.05, 0.1) is 18.9 Å². The van der Waals surface area contributed by atoms with Gasteiger partial charge in [-0.2, -0.15) is 0 Å². The minimum Gasteiger partial charge on any atom is -0.488 e. The number of aromatic nitrogens is 2. The minimum atomic E-state index is -0.291. The lowest BCUT2D eigenvalue weighted by atomic mass is 9.84. The first kappa shape index (κ1) is 19.6. The fourth-order valence-electron chi connectivity index (χ4n) is 4.07. The standard InChI is InChI=1S/C22H27N3O4/c1-13-7-9-23-22(24-13)29-21-14(2)15(3)25(16(4)26)20-6-5-17(11-19(20)21)28-18-8-10-27-12-18/h5-7,9,11,14-15,18,21H,8,10,12H2,1-4H3/t14-,15-,18?,21+/m0/s1. The van der Waals surface area contributed by atoms with Gasteiger partial charge in [0.1, 0.15) is 18.0 Å². The molecule has 7 nitrogen and oxygen atoms in total. The third-order valence-electron chi connectivity index (χ3n) is 5.75. The highest BCUT2D eigenvalue weighted by Gasteiger charge is 2.40. The van der Waals surface area contributed by atoms with Crippen molar-refractivity contribution < 1.29 is 19.0 Å². The Morgan fingerprint density at radius 2 is 2.07 bits per heavy atom. The smallest absolute Gasteiger partial charge is 0.317 e. The summed E-state index contributed by atoms with van der Waals surface area (Å²) < 4.78 is 17.8. The summed E-state index contributed by atoms with van der Waals surface area (Å²) in [5.41, 5.74) is 2.60. The van der Waals surface area contributed by atoms with E-state index in [0.717, 1.165) is 35.7 Å². The summed E-state index contributed by atoms with van der Waals surface area (Å²) in [6, 6.07) is 7.98. The van der Waals surface area contributed by atoms with Crippen molar-refractivity contribution >= 4 is 11.6 Å². The zero-order chi connectivity index (χ0) is 20.5. The molecule has 7 heteroatoms. The Balaban J connectivity index is 1.72. The summed E-state index contributed by atoms with van der Waals surface area (Å²) in [4.78, 5) is 22.9. The van der Waals surface area contributed by atoms with Crippen LogP contribution < -0.4 is 14.4 Å².